The molecule has 1 aliphatic heterocycles. The fraction of sp³-hybridized carbons (Fsp3) is 0.333. The molecule has 1 fully saturated rings. The number of carbonyl (C=O) groups is 2. The maximum absolute atomic E-state index is 11.9. The number of rotatable bonds is 2. The smallest absolute Gasteiger partial charge is 0.332 e. The van der Waals surface area contributed by atoms with Crippen molar-refractivity contribution >= 4 is 23.4 Å². The third kappa shape index (κ3) is 2.09. The van der Waals surface area contributed by atoms with Crippen molar-refractivity contribution in [3.63, 3.8) is 0 Å². The molecule has 2 rings (SSSR count). The van der Waals surface area contributed by atoms with Crippen LogP contribution in [-0.4, -0.2) is 44.1 Å². The summed E-state index contributed by atoms with van der Waals surface area (Å²) in [7, 11) is 3.90. The fourth-order valence-corrected chi connectivity index (χ4v) is 1.91. The van der Waals surface area contributed by atoms with Gasteiger partial charge in [0.25, 0.3) is 0 Å². The van der Waals surface area contributed by atoms with E-state index in [2.05, 4.69) is 0 Å². The van der Waals surface area contributed by atoms with Crippen LogP contribution in [0.15, 0.2) is 24.3 Å². The summed E-state index contributed by atoms with van der Waals surface area (Å²) >= 11 is 0. The minimum absolute atomic E-state index is 0.337. The average Bonchev–Trinajstić information content (AvgIpc) is 2.71. The average molecular weight is 248 g/mol. The predicted octanol–water partition coefficient (Wildman–Crippen LogP) is 1.07. The maximum Gasteiger partial charge on any atom is 0.332 e. The molecule has 0 aliphatic carbocycles. The summed E-state index contributed by atoms with van der Waals surface area (Å²) in [5.74, 6) is 0. The first-order chi connectivity index (χ1) is 8.50. The molecule has 6 heteroatoms. The number of benzene rings is 1. The molecule has 6 nitrogen and oxygen atoms in total. The first-order valence-corrected chi connectivity index (χ1v) is 5.66. The van der Waals surface area contributed by atoms with Gasteiger partial charge in [-0.25, -0.2) is 14.5 Å². The zero-order valence-electron chi connectivity index (χ0n) is 10.5. The molecule has 0 atom stereocenters. The molecule has 0 bridgehead atoms. The van der Waals surface area contributed by atoms with E-state index in [1.54, 1.807) is 4.90 Å². The molecule has 4 amide bonds. The summed E-state index contributed by atoms with van der Waals surface area (Å²) in [5.41, 5.74) is 6.95. The van der Waals surface area contributed by atoms with Crippen LogP contribution in [0.3, 0.4) is 0 Å². The van der Waals surface area contributed by atoms with Gasteiger partial charge in [-0.05, 0) is 24.3 Å². The Balaban J connectivity index is 2.18. The molecule has 0 saturated carbocycles. The summed E-state index contributed by atoms with van der Waals surface area (Å²) in [6.07, 6.45) is 0. The third-order valence-electron chi connectivity index (χ3n) is 2.95. The van der Waals surface area contributed by atoms with E-state index in [9.17, 15) is 9.59 Å². The minimum Gasteiger partial charge on any atom is -0.378 e. The third-order valence-corrected chi connectivity index (χ3v) is 2.95. The van der Waals surface area contributed by atoms with Crippen LogP contribution in [0.5, 0.6) is 0 Å². The number of urea groups is 2. The van der Waals surface area contributed by atoms with Gasteiger partial charge in [0.15, 0.2) is 0 Å². The Morgan fingerprint density at radius 1 is 1.22 bits per heavy atom. The SMILES string of the molecule is CN(C)c1ccc(N2CCN(C(N)=O)C2=O)cc1. The summed E-state index contributed by atoms with van der Waals surface area (Å²) in [6, 6.07) is 6.51. The maximum atomic E-state index is 11.9. The number of carbonyl (C=O) groups excluding carboxylic acids is 2. The van der Waals surface area contributed by atoms with Crippen LogP contribution in [-0.2, 0) is 0 Å². The van der Waals surface area contributed by atoms with Gasteiger partial charge in [0.1, 0.15) is 0 Å². The van der Waals surface area contributed by atoms with E-state index in [-0.39, 0.29) is 6.03 Å². The van der Waals surface area contributed by atoms with Crippen LogP contribution in [0.2, 0.25) is 0 Å². The molecule has 0 unspecified atom stereocenters. The van der Waals surface area contributed by atoms with Crippen molar-refractivity contribution < 1.29 is 9.59 Å². The van der Waals surface area contributed by atoms with Crippen LogP contribution in [0.25, 0.3) is 0 Å². The highest BCUT2D eigenvalue weighted by Crippen LogP contribution is 2.23. The van der Waals surface area contributed by atoms with E-state index in [1.165, 1.54) is 0 Å². The lowest BCUT2D eigenvalue weighted by atomic mass is 10.2. The number of amides is 4. The first kappa shape index (κ1) is 12.2. The monoisotopic (exact) mass is 248 g/mol. The molecule has 1 aliphatic rings. The van der Waals surface area contributed by atoms with Crippen molar-refractivity contribution in [2.45, 2.75) is 0 Å². The molecule has 1 aromatic carbocycles. The van der Waals surface area contributed by atoms with Crippen LogP contribution in [0.1, 0.15) is 0 Å². The van der Waals surface area contributed by atoms with Gasteiger partial charge in [-0.1, -0.05) is 0 Å². The molecule has 2 N–H and O–H groups in total. The van der Waals surface area contributed by atoms with E-state index in [0.717, 1.165) is 16.3 Å². The van der Waals surface area contributed by atoms with Crippen molar-refractivity contribution in [2.75, 3.05) is 37.0 Å². The number of nitrogens with two attached hydrogens (primary N) is 1. The Hall–Kier alpha value is -2.24. The molecule has 0 radical (unpaired) electrons. The van der Waals surface area contributed by atoms with Gasteiger partial charge in [-0.2, -0.15) is 0 Å². The number of hydrogen-bond acceptors (Lipinski definition) is 3. The van der Waals surface area contributed by atoms with E-state index in [4.69, 9.17) is 5.73 Å². The van der Waals surface area contributed by atoms with Crippen LogP contribution in [0, 0.1) is 0 Å². The zero-order valence-corrected chi connectivity index (χ0v) is 10.5. The highest BCUT2D eigenvalue weighted by Gasteiger charge is 2.32. The van der Waals surface area contributed by atoms with Crippen molar-refractivity contribution in [3.8, 4) is 0 Å². The topological polar surface area (TPSA) is 69.9 Å². The Labute approximate surface area is 106 Å². The quantitative estimate of drug-likeness (QED) is 0.851. The number of primary amides is 1. The van der Waals surface area contributed by atoms with Crippen LogP contribution in [0.4, 0.5) is 21.0 Å². The van der Waals surface area contributed by atoms with Gasteiger partial charge < -0.3 is 10.6 Å². The number of nitrogens with zero attached hydrogens (tertiary/aromatic N) is 3. The lowest BCUT2D eigenvalue weighted by Gasteiger charge is -2.18. The molecule has 1 saturated heterocycles. The second kappa shape index (κ2) is 4.56. The largest absolute Gasteiger partial charge is 0.378 e. The molecule has 18 heavy (non-hydrogen) atoms. The van der Waals surface area contributed by atoms with E-state index < -0.39 is 6.03 Å². The highest BCUT2D eigenvalue weighted by molar-refractivity contribution is 6.03. The Bertz CT molecular complexity index is 469. The Morgan fingerprint density at radius 3 is 2.28 bits per heavy atom. The molecular weight excluding hydrogens is 232 g/mol. The zero-order chi connectivity index (χ0) is 13.3. The van der Waals surface area contributed by atoms with Crippen molar-refractivity contribution in [3.05, 3.63) is 24.3 Å². The predicted molar refractivity (Wildman–Crippen MR) is 69.8 cm³/mol. The van der Waals surface area contributed by atoms with Gasteiger partial charge in [0.2, 0.25) is 0 Å². The summed E-state index contributed by atoms with van der Waals surface area (Å²) in [5, 5.41) is 0. The Kier molecular flexibility index (Phi) is 3.10. The summed E-state index contributed by atoms with van der Waals surface area (Å²) < 4.78 is 0. The van der Waals surface area contributed by atoms with E-state index in [0.29, 0.717) is 13.1 Å². The summed E-state index contributed by atoms with van der Waals surface area (Å²) in [6.45, 7) is 0.812. The van der Waals surface area contributed by atoms with Gasteiger partial charge in [0.05, 0.1) is 6.54 Å². The van der Waals surface area contributed by atoms with Crippen molar-refractivity contribution in [1.82, 2.24) is 4.90 Å². The lowest BCUT2D eigenvalue weighted by Crippen LogP contribution is -2.39. The fourth-order valence-electron chi connectivity index (χ4n) is 1.91. The number of hydrogen-bond donors (Lipinski definition) is 1. The second-order valence-corrected chi connectivity index (χ2v) is 4.33. The molecule has 0 aromatic heterocycles. The molecular formula is C12H16N4O2. The standard InChI is InChI=1S/C12H16N4O2/c1-14(2)9-3-5-10(6-4-9)15-7-8-16(11(13)17)12(15)18/h3-6H,7-8H2,1-2H3,(H2,13,17). The van der Waals surface area contributed by atoms with E-state index in [1.807, 2.05) is 43.3 Å². The molecule has 1 aromatic rings. The summed E-state index contributed by atoms with van der Waals surface area (Å²) in [4.78, 5) is 27.5. The number of imide groups is 1. The van der Waals surface area contributed by atoms with Crippen molar-refractivity contribution in [1.29, 1.82) is 0 Å². The molecule has 1 heterocycles. The first-order valence-electron chi connectivity index (χ1n) is 5.66. The van der Waals surface area contributed by atoms with Gasteiger partial charge >= 0.3 is 12.1 Å². The molecule has 0 spiro atoms. The van der Waals surface area contributed by atoms with E-state index >= 15 is 0 Å². The minimum atomic E-state index is -0.701. The second-order valence-electron chi connectivity index (χ2n) is 4.33. The van der Waals surface area contributed by atoms with Crippen molar-refractivity contribution in [2.24, 2.45) is 5.73 Å². The lowest BCUT2D eigenvalue weighted by molar-refractivity contribution is 0.206. The van der Waals surface area contributed by atoms with Crippen LogP contribution < -0.4 is 15.5 Å². The normalized spacial score (nSPS) is 15.1. The van der Waals surface area contributed by atoms with Gasteiger partial charge in [-0.15, -0.1) is 0 Å². The van der Waals surface area contributed by atoms with Gasteiger partial charge in [-0.3, -0.25) is 4.90 Å². The highest BCUT2D eigenvalue weighted by atomic mass is 16.2. The number of anilines is 2. The van der Waals surface area contributed by atoms with Gasteiger partial charge in [0, 0.05) is 32.0 Å². The Morgan fingerprint density at radius 2 is 1.83 bits per heavy atom. The van der Waals surface area contributed by atoms with Crippen LogP contribution >= 0.6 is 0 Å². The molecule has 96 valence electrons.